The normalized spacial score (nSPS) is 14.7. The number of ether oxygens (including phenoxy) is 1. The minimum Gasteiger partial charge on any atom is -0.379 e. The number of amides is 1. The fourth-order valence-corrected chi connectivity index (χ4v) is 6.14. The topological polar surface area (TPSA) is 93.5 Å². The van der Waals surface area contributed by atoms with E-state index in [2.05, 4.69) is 5.32 Å². The first kappa shape index (κ1) is 23.6. The van der Waals surface area contributed by atoms with E-state index in [9.17, 15) is 13.2 Å². The van der Waals surface area contributed by atoms with Crippen LogP contribution in [0.1, 0.15) is 0 Å². The zero-order valence-electron chi connectivity index (χ0n) is 18.8. The first-order valence-corrected chi connectivity index (χ1v) is 13.6. The van der Waals surface area contributed by atoms with Gasteiger partial charge in [-0.05, 0) is 48.5 Å². The highest BCUT2D eigenvalue weighted by molar-refractivity contribution is 7.99. The Kier molecular flexibility index (Phi) is 6.87. The van der Waals surface area contributed by atoms with E-state index in [4.69, 9.17) is 9.72 Å². The zero-order valence-corrected chi connectivity index (χ0v) is 20.5. The molecule has 0 saturated carbocycles. The predicted molar refractivity (Wildman–Crippen MR) is 136 cm³/mol. The van der Waals surface area contributed by atoms with E-state index in [-0.39, 0.29) is 16.6 Å². The number of fused-ring (bicyclic) bond motifs is 1. The lowest BCUT2D eigenvalue weighted by Crippen LogP contribution is -2.40. The van der Waals surface area contributed by atoms with Crippen molar-refractivity contribution in [2.45, 2.75) is 10.1 Å². The van der Waals surface area contributed by atoms with Crippen molar-refractivity contribution in [3.05, 3.63) is 78.9 Å². The van der Waals surface area contributed by atoms with Crippen molar-refractivity contribution >= 4 is 44.4 Å². The van der Waals surface area contributed by atoms with Gasteiger partial charge < -0.3 is 10.1 Å². The van der Waals surface area contributed by atoms with Gasteiger partial charge in [-0.1, -0.05) is 42.1 Å². The molecular weight excluding hydrogens is 484 g/mol. The van der Waals surface area contributed by atoms with Crippen LogP contribution in [-0.2, 0) is 19.6 Å². The molecule has 0 unspecified atom stereocenters. The molecule has 1 saturated heterocycles. The van der Waals surface area contributed by atoms with Crippen molar-refractivity contribution in [1.82, 2.24) is 13.9 Å². The van der Waals surface area contributed by atoms with Gasteiger partial charge in [0.05, 0.1) is 34.9 Å². The number of nitrogens with one attached hydrogen (secondary N) is 1. The average molecular weight is 509 g/mol. The summed E-state index contributed by atoms with van der Waals surface area (Å²) < 4.78 is 34.2. The second-order valence-electron chi connectivity index (χ2n) is 7.93. The molecule has 1 aliphatic rings. The molecule has 180 valence electrons. The first-order chi connectivity index (χ1) is 17.0. The van der Waals surface area contributed by atoms with Gasteiger partial charge in [-0.3, -0.25) is 9.36 Å². The number of hydrogen-bond donors (Lipinski definition) is 1. The summed E-state index contributed by atoms with van der Waals surface area (Å²) in [5.74, 6) is -0.0466. The smallest absolute Gasteiger partial charge is 0.243 e. The summed E-state index contributed by atoms with van der Waals surface area (Å²) in [5, 5.41) is 3.56. The Morgan fingerprint density at radius 1 is 0.943 bits per heavy atom. The number of sulfonamides is 1. The van der Waals surface area contributed by atoms with Gasteiger partial charge in [-0.15, -0.1) is 0 Å². The number of aromatic nitrogens is 2. The third kappa shape index (κ3) is 5.10. The summed E-state index contributed by atoms with van der Waals surface area (Å²) in [6.07, 6.45) is 0. The summed E-state index contributed by atoms with van der Waals surface area (Å²) in [6, 6.07) is 24.0. The van der Waals surface area contributed by atoms with Gasteiger partial charge in [0.25, 0.3) is 0 Å². The largest absolute Gasteiger partial charge is 0.379 e. The highest BCUT2D eigenvalue weighted by atomic mass is 32.2. The van der Waals surface area contributed by atoms with Crippen LogP contribution in [0.4, 0.5) is 5.69 Å². The van der Waals surface area contributed by atoms with Gasteiger partial charge >= 0.3 is 0 Å². The van der Waals surface area contributed by atoms with Crippen molar-refractivity contribution in [3.8, 4) is 5.69 Å². The summed E-state index contributed by atoms with van der Waals surface area (Å²) in [7, 11) is -3.57. The van der Waals surface area contributed by atoms with Crippen molar-refractivity contribution in [2.75, 3.05) is 37.4 Å². The summed E-state index contributed by atoms with van der Waals surface area (Å²) >= 11 is 1.35. The number of morpholine rings is 1. The maximum atomic E-state index is 12.8. The number of benzene rings is 3. The van der Waals surface area contributed by atoms with Crippen LogP contribution >= 0.6 is 11.8 Å². The highest BCUT2D eigenvalue weighted by Crippen LogP contribution is 2.28. The van der Waals surface area contributed by atoms with Crippen molar-refractivity contribution in [3.63, 3.8) is 0 Å². The Morgan fingerprint density at radius 2 is 1.63 bits per heavy atom. The lowest BCUT2D eigenvalue weighted by atomic mass is 10.3. The van der Waals surface area contributed by atoms with Gasteiger partial charge in [0.2, 0.25) is 15.9 Å². The summed E-state index contributed by atoms with van der Waals surface area (Å²) in [5.41, 5.74) is 3.34. The number of nitrogens with zero attached hydrogens (tertiary/aromatic N) is 3. The van der Waals surface area contributed by atoms with Gasteiger partial charge in [0.1, 0.15) is 0 Å². The second kappa shape index (κ2) is 10.2. The SMILES string of the molecule is O=C(CSc1nc2ccccc2n1-c1ccccc1)Nc1ccc(S(=O)(=O)N2CCOCC2)cc1. The molecule has 1 N–H and O–H groups in total. The van der Waals surface area contributed by atoms with E-state index in [1.54, 1.807) is 12.1 Å². The Hall–Kier alpha value is -3.18. The number of para-hydroxylation sites is 3. The first-order valence-electron chi connectivity index (χ1n) is 11.2. The second-order valence-corrected chi connectivity index (χ2v) is 10.8. The van der Waals surface area contributed by atoms with Crippen LogP contribution in [0.3, 0.4) is 0 Å². The van der Waals surface area contributed by atoms with E-state index in [0.717, 1.165) is 21.9 Å². The quantitative estimate of drug-likeness (QED) is 0.382. The minimum absolute atomic E-state index is 0.157. The average Bonchev–Trinajstić information content (AvgIpc) is 3.27. The monoisotopic (exact) mass is 508 g/mol. The number of carbonyl (C=O) groups is 1. The van der Waals surface area contributed by atoms with Crippen LogP contribution in [0.5, 0.6) is 0 Å². The maximum absolute atomic E-state index is 12.8. The van der Waals surface area contributed by atoms with Gasteiger partial charge in [-0.25, -0.2) is 13.4 Å². The molecule has 0 bridgehead atoms. The van der Waals surface area contributed by atoms with Crippen molar-refractivity contribution < 1.29 is 17.9 Å². The fraction of sp³-hybridized carbons (Fsp3) is 0.200. The molecule has 1 fully saturated rings. The Morgan fingerprint density at radius 3 is 2.37 bits per heavy atom. The van der Waals surface area contributed by atoms with Gasteiger partial charge in [0, 0.05) is 24.5 Å². The predicted octanol–water partition coefficient (Wildman–Crippen LogP) is 3.78. The van der Waals surface area contributed by atoms with Gasteiger partial charge in [0.15, 0.2) is 5.16 Å². The highest BCUT2D eigenvalue weighted by Gasteiger charge is 2.26. The van der Waals surface area contributed by atoms with Crippen LogP contribution in [0.15, 0.2) is 88.9 Å². The number of rotatable bonds is 7. The van der Waals surface area contributed by atoms with Crippen LogP contribution in [0.2, 0.25) is 0 Å². The van der Waals surface area contributed by atoms with Gasteiger partial charge in [-0.2, -0.15) is 4.31 Å². The van der Waals surface area contributed by atoms with E-state index in [0.29, 0.717) is 32.0 Å². The molecule has 0 aliphatic carbocycles. The van der Waals surface area contributed by atoms with Crippen molar-refractivity contribution in [1.29, 1.82) is 0 Å². The Labute approximate surface area is 208 Å². The number of hydrogen-bond acceptors (Lipinski definition) is 6. The van der Waals surface area contributed by atoms with Crippen molar-refractivity contribution in [2.24, 2.45) is 0 Å². The molecule has 4 aromatic rings. The maximum Gasteiger partial charge on any atom is 0.243 e. The molecule has 1 aliphatic heterocycles. The molecule has 10 heteroatoms. The van der Waals surface area contributed by atoms with E-state index >= 15 is 0 Å². The van der Waals surface area contributed by atoms with E-state index in [1.807, 2.05) is 59.2 Å². The van der Waals surface area contributed by atoms with E-state index in [1.165, 1.54) is 28.2 Å². The third-order valence-electron chi connectivity index (χ3n) is 5.62. The number of imidazole rings is 1. The molecule has 1 aromatic heterocycles. The Bertz CT molecular complexity index is 1430. The molecule has 3 aromatic carbocycles. The van der Waals surface area contributed by atoms with Crippen LogP contribution in [-0.4, -0.2) is 60.2 Å². The van der Waals surface area contributed by atoms with Crippen LogP contribution in [0.25, 0.3) is 16.7 Å². The minimum atomic E-state index is -3.57. The molecule has 2 heterocycles. The Balaban J connectivity index is 1.27. The molecule has 0 radical (unpaired) electrons. The zero-order chi connectivity index (χ0) is 24.3. The third-order valence-corrected chi connectivity index (χ3v) is 8.47. The lowest BCUT2D eigenvalue weighted by Gasteiger charge is -2.26. The lowest BCUT2D eigenvalue weighted by molar-refractivity contribution is -0.113. The number of thioether (sulfide) groups is 1. The fourth-order valence-electron chi connectivity index (χ4n) is 3.90. The summed E-state index contributed by atoms with van der Waals surface area (Å²) in [6.45, 7) is 1.46. The standard InChI is InChI=1S/C25H24N4O4S2/c30-24(26-19-10-12-21(13-11-19)35(31,32)28-14-16-33-17-15-28)18-34-25-27-22-8-4-5-9-23(22)29(25)20-6-2-1-3-7-20/h1-13H,14-18H2,(H,26,30). The molecule has 8 nitrogen and oxygen atoms in total. The molecule has 0 atom stereocenters. The molecule has 35 heavy (non-hydrogen) atoms. The number of carbonyl (C=O) groups excluding carboxylic acids is 1. The molecule has 5 rings (SSSR count). The molecular formula is C25H24N4O4S2. The van der Waals surface area contributed by atoms with Crippen LogP contribution in [0, 0.1) is 0 Å². The van der Waals surface area contributed by atoms with Crippen LogP contribution < -0.4 is 5.32 Å². The van der Waals surface area contributed by atoms with E-state index < -0.39 is 10.0 Å². The number of anilines is 1. The molecule has 1 amide bonds. The summed E-state index contributed by atoms with van der Waals surface area (Å²) in [4.78, 5) is 17.6. The molecule has 0 spiro atoms.